The highest BCUT2D eigenvalue weighted by molar-refractivity contribution is 6.39. The van der Waals surface area contributed by atoms with Crippen molar-refractivity contribution < 1.29 is 9.53 Å². The van der Waals surface area contributed by atoms with Crippen LogP contribution in [0.15, 0.2) is 30.3 Å². The standard InChI is InChI=1S/C15H14Cl2N2O2/c1-8-3-5-10(16)14(13(8)17)19-12-7-9(15(20)21-2)4-6-11(12)18/h3-7,19H,18H2,1-2H3. The molecule has 0 aliphatic heterocycles. The van der Waals surface area contributed by atoms with Crippen LogP contribution >= 0.6 is 23.2 Å². The molecule has 0 spiro atoms. The third kappa shape index (κ3) is 3.23. The van der Waals surface area contributed by atoms with E-state index in [2.05, 4.69) is 10.1 Å². The van der Waals surface area contributed by atoms with Gasteiger partial charge in [0.25, 0.3) is 0 Å². The van der Waals surface area contributed by atoms with E-state index in [1.54, 1.807) is 24.3 Å². The molecule has 0 aliphatic rings. The van der Waals surface area contributed by atoms with Crippen molar-refractivity contribution >= 4 is 46.2 Å². The van der Waals surface area contributed by atoms with Crippen LogP contribution in [0.1, 0.15) is 15.9 Å². The van der Waals surface area contributed by atoms with Crippen LogP contribution in [0, 0.1) is 6.92 Å². The molecular weight excluding hydrogens is 311 g/mol. The van der Waals surface area contributed by atoms with Crippen LogP contribution in [0.5, 0.6) is 0 Å². The van der Waals surface area contributed by atoms with E-state index in [4.69, 9.17) is 28.9 Å². The van der Waals surface area contributed by atoms with E-state index in [1.165, 1.54) is 7.11 Å². The lowest BCUT2D eigenvalue weighted by molar-refractivity contribution is 0.0601. The van der Waals surface area contributed by atoms with Crippen molar-refractivity contribution in [1.29, 1.82) is 0 Å². The largest absolute Gasteiger partial charge is 0.465 e. The molecule has 0 aliphatic carbocycles. The quantitative estimate of drug-likeness (QED) is 0.648. The van der Waals surface area contributed by atoms with E-state index in [-0.39, 0.29) is 0 Å². The molecular formula is C15H14Cl2N2O2. The molecule has 2 rings (SSSR count). The van der Waals surface area contributed by atoms with Crippen molar-refractivity contribution in [3.05, 3.63) is 51.5 Å². The summed E-state index contributed by atoms with van der Waals surface area (Å²) in [6.07, 6.45) is 0. The van der Waals surface area contributed by atoms with E-state index in [9.17, 15) is 4.79 Å². The van der Waals surface area contributed by atoms with Gasteiger partial charge in [0.2, 0.25) is 0 Å². The molecule has 110 valence electrons. The minimum absolute atomic E-state index is 0.383. The topological polar surface area (TPSA) is 64.3 Å². The second kappa shape index (κ2) is 6.24. The number of aryl methyl sites for hydroxylation is 1. The summed E-state index contributed by atoms with van der Waals surface area (Å²) in [6.45, 7) is 1.87. The highest BCUT2D eigenvalue weighted by Crippen LogP contribution is 2.36. The van der Waals surface area contributed by atoms with E-state index in [1.807, 2.05) is 13.0 Å². The molecule has 6 heteroatoms. The molecule has 2 aromatic carbocycles. The normalized spacial score (nSPS) is 10.3. The van der Waals surface area contributed by atoms with E-state index in [0.717, 1.165) is 5.56 Å². The summed E-state index contributed by atoms with van der Waals surface area (Å²) in [6, 6.07) is 8.36. The van der Waals surface area contributed by atoms with Gasteiger partial charge in [0.05, 0.1) is 39.8 Å². The molecule has 0 atom stereocenters. The number of nitrogen functional groups attached to an aromatic ring is 1. The summed E-state index contributed by atoms with van der Waals surface area (Å²) in [4.78, 5) is 11.6. The average molecular weight is 325 g/mol. The number of rotatable bonds is 3. The highest BCUT2D eigenvalue weighted by atomic mass is 35.5. The van der Waals surface area contributed by atoms with Gasteiger partial charge in [0, 0.05) is 0 Å². The molecule has 2 aromatic rings. The van der Waals surface area contributed by atoms with Gasteiger partial charge in [-0.25, -0.2) is 4.79 Å². The zero-order chi connectivity index (χ0) is 15.6. The molecule has 0 bridgehead atoms. The Morgan fingerprint density at radius 1 is 1.24 bits per heavy atom. The number of nitrogens with two attached hydrogens (primary N) is 1. The Bertz CT molecular complexity index is 702. The van der Waals surface area contributed by atoms with Crippen molar-refractivity contribution in [2.24, 2.45) is 0 Å². The molecule has 0 aromatic heterocycles. The van der Waals surface area contributed by atoms with Crippen LogP contribution in [0.4, 0.5) is 17.1 Å². The van der Waals surface area contributed by atoms with Crippen molar-refractivity contribution in [1.82, 2.24) is 0 Å². The molecule has 3 N–H and O–H groups in total. The molecule has 0 amide bonds. The first-order valence-corrected chi connectivity index (χ1v) is 6.89. The molecule has 0 fully saturated rings. The maximum atomic E-state index is 11.6. The number of ether oxygens (including phenoxy) is 1. The SMILES string of the molecule is COC(=O)c1ccc(N)c(Nc2c(Cl)ccc(C)c2Cl)c1. The van der Waals surface area contributed by atoms with Gasteiger partial charge in [-0.05, 0) is 36.8 Å². The summed E-state index contributed by atoms with van der Waals surface area (Å²) in [5, 5.41) is 4.04. The first kappa shape index (κ1) is 15.5. The van der Waals surface area contributed by atoms with Crippen LogP contribution in [0.2, 0.25) is 10.0 Å². The first-order chi connectivity index (χ1) is 9.93. The van der Waals surface area contributed by atoms with Gasteiger partial charge in [-0.1, -0.05) is 29.3 Å². The fraction of sp³-hybridized carbons (Fsp3) is 0.133. The smallest absolute Gasteiger partial charge is 0.337 e. The third-order valence-electron chi connectivity index (χ3n) is 3.02. The Morgan fingerprint density at radius 2 is 1.95 bits per heavy atom. The van der Waals surface area contributed by atoms with E-state index in [0.29, 0.717) is 32.7 Å². The van der Waals surface area contributed by atoms with Gasteiger partial charge in [-0.15, -0.1) is 0 Å². The lowest BCUT2D eigenvalue weighted by Gasteiger charge is -2.14. The summed E-state index contributed by atoms with van der Waals surface area (Å²) in [5.74, 6) is -0.445. The Labute approximate surface area is 132 Å². The van der Waals surface area contributed by atoms with Crippen LogP contribution in [0.3, 0.4) is 0 Å². The number of carbonyl (C=O) groups is 1. The Balaban J connectivity index is 2.45. The van der Waals surface area contributed by atoms with Crippen molar-refractivity contribution in [3.63, 3.8) is 0 Å². The number of benzene rings is 2. The molecule has 0 unspecified atom stereocenters. The van der Waals surface area contributed by atoms with Gasteiger partial charge in [-0.3, -0.25) is 0 Å². The predicted octanol–water partition coefficient (Wildman–Crippen LogP) is 4.41. The number of methoxy groups -OCH3 is 1. The van der Waals surface area contributed by atoms with E-state index < -0.39 is 5.97 Å². The van der Waals surface area contributed by atoms with Crippen LogP contribution in [0.25, 0.3) is 0 Å². The van der Waals surface area contributed by atoms with Crippen LogP contribution < -0.4 is 11.1 Å². The maximum Gasteiger partial charge on any atom is 0.337 e. The molecule has 0 saturated carbocycles. The zero-order valence-corrected chi connectivity index (χ0v) is 13.0. The van der Waals surface area contributed by atoms with Crippen molar-refractivity contribution in [3.8, 4) is 0 Å². The number of hydrogen-bond donors (Lipinski definition) is 2. The number of carbonyl (C=O) groups excluding carboxylic acids is 1. The molecule has 0 saturated heterocycles. The van der Waals surface area contributed by atoms with Crippen LogP contribution in [-0.4, -0.2) is 13.1 Å². The number of nitrogens with one attached hydrogen (secondary N) is 1. The van der Waals surface area contributed by atoms with Gasteiger partial charge >= 0.3 is 5.97 Å². The van der Waals surface area contributed by atoms with Gasteiger partial charge in [-0.2, -0.15) is 0 Å². The predicted molar refractivity (Wildman–Crippen MR) is 86.7 cm³/mol. The second-order valence-electron chi connectivity index (χ2n) is 4.47. The number of anilines is 3. The highest BCUT2D eigenvalue weighted by Gasteiger charge is 2.12. The molecule has 21 heavy (non-hydrogen) atoms. The van der Waals surface area contributed by atoms with Gasteiger partial charge < -0.3 is 15.8 Å². The number of hydrogen-bond acceptors (Lipinski definition) is 4. The summed E-state index contributed by atoms with van der Waals surface area (Å²) >= 11 is 12.4. The van der Waals surface area contributed by atoms with Gasteiger partial charge in [0.15, 0.2) is 0 Å². The second-order valence-corrected chi connectivity index (χ2v) is 5.26. The average Bonchev–Trinajstić information content (AvgIpc) is 2.48. The maximum absolute atomic E-state index is 11.6. The molecule has 0 radical (unpaired) electrons. The van der Waals surface area contributed by atoms with Gasteiger partial charge in [0.1, 0.15) is 0 Å². The lowest BCUT2D eigenvalue weighted by Crippen LogP contribution is -2.04. The Hall–Kier alpha value is -1.91. The lowest BCUT2D eigenvalue weighted by atomic mass is 10.1. The fourth-order valence-corrected chi connectivity index (χ4v) is 2.28. The van der Waals surface area contributed by atoms with Crippen molar-refractivity contribution in [2.75, 3.05) is 18.2 Å². The van der Waals surface area contributed by atoms with E-state index >= 15 is 0 Å². The number of esters is 1. The Kier molecular flexibility index (Phi) is 4.60. The molecule has 4 nitrogen and oxygen atoms in total. The minimum atomic E-state index is -0.445. The zero-order valence-electron chi connectivity index (χ0n) is 11.5. The molecule has 0 heterocycles. The third-order valence-corrected chi connectivity index (χ3v) is 3.82. The minimum Gasteiger partial charge on any atom is -0.465 e. The first-order valence-electron chi connectivity index (χ1n) is 6.13. The van der Waals surface area contributed by atoms with Crippen molar-refractivity contribution in [2.45, 2.75) is 6.92 Å². The summed E-state index contributed by atoms with van der Waals surface area (Å²) < 4.78 is 4.69. The summed E-state index contributed by atoms with van der Waals surface area (Å²) in [7, 11) is 1.32. The Morgan fingerprint density at radius 3 is 2.62 bits per heavy atom. The van der Waals surface area contributed by atoms with Crippen LogP contribution in [-0.2, 0) is 4.74 Å². The monoisotopic (exact) mass is 324 g/mol. The summed E-state index contributed by atoms with van der Waals surface area (Å²) in [5.41, 5.74) is 8.73. The number of halogens is 2. The fourth-order valence-electron chi connectivity index (χ4n) is 1.82.